The molecule has 1 amide bonds. The molecule has 23 heavy (non-hydrogen) atoms. The third-order valence-electron chi connectivity index (χ3n) is 3.59. The first-order valence-electron chi connectivity index (χ1n) is 7.57. The largest absolute Gasteiger partial charge is 0.321 e. The van der Waals surface area contributed by atoms with Crippen molar-refractivity contribution in [3.8, 4) is 0 Å². The Hall–Kier alpha value is -2.12. The van der Waals surface area contributed by atoms with Crippen LogP contribution >= 0.6 is 7.14 Å². The van der Waals surface area contributed by atoms with E-state index in [9.17, 15) is 9.36 Å². The lowest BCUT2D eigenvalue weighted by atomic mass is 10.1. The number of hydrogen-bond acceptors (Lipinski definition) is 2. The van der Waals surface area contributed by atoms with E-state index in [-0.39, 0.29) is 5.91 Å². The van der Waals surface area contributed by atoms with E-state index in [2.05, 4.69) is 11.9 Å². The van der Waals surface area contributed by atoms with Gasteiger partial charge in [-0.2, -0.15) is 0 Å². The summed E-state index contributed by atoms with van der Waals surface area (Å²) in [5.74, 6) is -0.193. The van der Waals surface area contributed by atoms with E-state index in [4.69, 9.17) is 0 Å². The normalized spacial score (nSPS) is 11.0. The number of amides is 1. The molecule has 0 atom stereocenters. The van der Waals surface area contributed by atoms with Crippen LogP contribution in [-0.2, 0) is 11.0 Å². The number of hydrogen-bond donors (Lipinski definition) is 1. The summed E-state index contributed by atoms with van der Waals surface area (Å²) in [4.78, 5) is 12.4. The SMILES string of the molecule is C=CCCc1ccc(C(=O)Nc2ccccc2P(C)(C)=O)cc1. The summed E-state index contributed by atoms with van der Waals surface area (Å²) in [7, 11) is -2.45. The van der Waals surface area contributed by atoms with E-state index in [1.807, 2.05) is 42.5 Å². The molecule has 0 bridgehead atoms. The zero-order chi connectivity index (χ0) is 16.9. The van der Waals surface area contributed by atoms with Gasteiger partial charge in [0.1, 0.15) is 7.14 Å². The van der Waals surface area contributed by atoms with Crippen molar-refractivity contribution in [1.82, 2.24) is 0 Å². The predicted molar refractivity (Wildman–Crippen MR) is 98.4 cm³/mol. The average molecular weight is 327 g/mol. The van der Waals surface area contributed by atoms with Crippen LogP contribution in [0.25, 0.3) is 0 Å². The summed E-state index contributed by atoms with van der Waals surface area (Å²) >= 11 is 0. The Labute approximate surface area is 137 Å². The highest BCUT2D eigenvalue weighted by molar-refractivity contribution is 7.70. The van der Waals surface area contributed by atoms with E-state index < -0.39 is 7.14 Å². The number of carbonyl (C=O) groups excluding carboxylic acids is 1. The minimum atomic E-state index is -2.45. The number of carbonyl (C=O) groups is 1. The van der Waals surface area contributed by atoms with E-state index in [1.54, 1.807) is 25.5 Å². The van der Waals surface area contributed by atoms with Gasteiger partial charge in [-0.05, 0) is 56.0 Å². The highest BCUT2D eigenvalue weighted by Gasteiger charge is 2.17. The van der Waals surface area contributed by atoms with Crippen molar-refractivity contribution >= 4 is 24.0 Å². The fourth-order valence-electron chi connectivity index (χ4n) is 2.33. The van der Waals surface area contributed by atoms with Gasteiger partial charge in [0.25, 0.3) is 5.91 Å². The first kappa shape index (κ1) is 17.2. The van der Waals surface area contributed by atoms with E-state index in [0.29, 0.717) is 16.6 Å². The topological polar surface area (TPSA) is 46.2 Å². The molecule has 0 unspecified atom stereocenters. The standard InChI is InChI=1S/C19H22NO2P/c1-4-5-8-15-11-13-16(14-12-15)19(21)20-17-9-6-7-10-18(17)23(2,3)22/h4,6-7,9-14H,1,5,8H2,2-3H3,(H,20,21). The average Bonchev–Trinajstić information content (AvgIpc) is 2.53. The second-order valence-corrected chi connectivity index (χ2v) is 9.03. The van der Waals surface area contributed by atoms with Crippen LogP contribution in [0.3, 0.4) is 0 Å². The van der Waals surface area contributed by atoms with Gasteiger partial charge < -0.3 is 9.88 Å². The summed E-state index contributed by atoms with van der Waals surface area (Å²) in [5.41, 5.74) is 2.37. The summed E-state index contributed by atoms with van der Waals surface area (Å²) in [6.45, 7) is 7.11. The quantitative estimate of drug-likeness (QED) is 0.635. The summed E-state index contributed by atoms with van der Waals surface area (Å²) < 4.78 is 12.3. The van der Waals surface area contributed by atoms with Gasteiger partial charge in [0.2, 0.25) is 0 Å². The van der Waals surface area contributed by atoms with Crippen molar-refractivity contribution < 1.29 is 9.36 Å². The van der Waals surface area contributed by atoms with Crippen molar-refractivity contribution in [2.45, 2.75) is 12.8 Å². The molecular formula is C19H22NO2P. The van der Waals surface area contributed by atoms with Gasteiger partial charge in [-0.25, -0.2) is 0 Å². The second kappa shape index (κ2) is 7.43. The molecule has 0 aromatic heterocycles. The number of aryl methyl sites for hydroxylation is 1. The third kappa shape index (κ3) is 4.67. The maximum atomic E-state index is 12.4. The molecule has 0 spiro atoms. The number of rotatable bonds is 6. The van der Waals surface area contributed by atoms with Crippen LogP contribution in [0.2, 0.25) is 0 Å². The molecule has 0 aliphatic heterocycles. The first-order chi connectivity index (χ1) is 10.9. The maximum Gasteiger partial charge on any atom is 0.255 e. The van der Waals surface area contributed by atoms with Gasteiger partial charge in [0, 0.05) is 10.9 Å². The Morgan fingerprint density at radius 3 is 2.39 bits per heavy atom. The predicted octanol–water partition coefficient (Wildman–Crippen LogP) is 4.31. The zero-order valence-electron chi connectivity index (χ0n) is 13.6. The molecule has 0 saturated heterocycles. The lowest BCUT2D eigenvalue weighted by Crippen LogP contribution is -2.18. The first-order valence-corrected chi connectivity index (χ1v) is 10.2. The molecule has 0 aliphatic rings. The monoisotopic (exact) mass is 327 g/mol. The Bertz CT molecular complexity index is 744. The maximum absolute atomic E-state index is 12.4. The highest BCUT2D eigenvalue weighted by Crippen LogP contribution is 2.37. The summed E-state index contributed by atoms with van der Waals surface area (Å²) in [6, 6.07) is 14.8. The van der Waals surface area contributed by atoms with Gasteiger partial charge >= 0.3 is 0 Å². The van der Waals surface area contributed by atoms with Crippen LogP contribution in [0, 0.1) is 0 Å². The second-order valence-electron chi connectivity index (χ2n) is 5.85. The van der Waals surface area contributed by atoms with Crippen molar-refractivity contribution in [1.29, 1.82) is 0 Å². The molecule has 0 saturated carbocycles. The van der Waals surface area contributed by atoms with Gasteiger partial charge in [-0.15, -0.1) is 6.58 Å². The van der Waals surface area contributed by atoms with E-state index in [0.717, 1.165) is 12.8 Å². The number of para-hydroxylation sites is 1. The molecular weight excluding hydrogens is 305 g/mol. The molecule has 1 N–H and O–H groups in total. The van der Waals surface area contributed by atoms with E-state index >= 15 is 0 Å². The van der Waals surface area contributed by atoms with Crippen LogP contribution in [0.5, 0.6) is 0 Å². The van der Waals surface area contributed by atoms with Crippen molar-refractivity contribution in [3.63, 3.8) is 0 Å². The van der Waals surface area contributed by atoms with E-state index in [1.165, 1.54) is 5.56 Å². The molecule has 0 fully saturated rings. The molecule has 0 heterocycles. The van der Waals surface area contributed by atoms with Crippen molar-refractivity contribution in [2.75, 3.05) is 18.6 Å². The smallest absolute Gasteiger partial charge is 0.255 e. The summed E-state index contributed by atoms with van der Waals surface area (Å²) in [5, 5.41) is 3.56. The highest BCUT2D eigenvalue weighted by atomic mass is 31.2. The fourth-order valence-corrected chi connectivity index (χ4v) is 3.49. The Morgan fingerprint density at radius 1 is 1.13 bits per heavy atom. The molecule has 4 heteroatoms. The molecule has 2 rings (SSSR count). The Kier molecular flexibility index (Phi) is 5.57. The lowest BCUT2D eigenvalue weighted by Gasteiger charge is -2.14. The molecule has 120 valence electrons. The Morgan fingerprint density at radius 2 is 1.78 bits per heavy atom. The van der Waals surface area contributed by atoms with Gasteiger partial charge in [0.05, 0.1) is 5.69 Å². The number of allylic oxidation sites excluding steroid dienone is 1. The molecule has 0 aliphatic carbocycles. The van der Waals surface area contributed by atoms with Crippen LogP contribution in [0.1, 0.15) is 22.3 Å². The van der Waals surface area contributed by atoms with Crippen molar-refractivity contribution in [3.05, 3.63) is 72.3 Å². The molecule has 3 nitrogen and oxygen atoms in total. The minimum Gasteiger partial charge on any atom is -0.321 e. The minimum absolute atomic E-state index is 0.193. The van der Waals surface area contributed by atoms with Gasteiger partial charge in [-0.1, -0.05) is 30.3 Å². The number of benzene rings is 2. The van der Waals surface area contributed by atoms with Crippen LogP contribution in [0.15, 0.2) is 61.2 Å². The van der Waals surface area contributed by atoms with Gasteiger partial charge in [-0.3, -0.25) is 4.79 Å². The third-order valence-corrected chi connectivity index (χ3v) is 5.14. The van der Waals surface area contributed by atoms with Gasteiger partial charge in [0.15, 0.2) is 0 Å². The zero-order valence-corrected chi connectivity index (χ0v) is 14.5. The molecule has 0 radical (unpaired) electrons. The molecule has 2 aromatic carbocycles. The molecule has 2 aromatic rings. The fraction of sp³-hybridized carbons (Fsp3) is 0.211. The van der Waals surface area contributed by atoms with Crippen LogP contribution < -0.4 is 10.6 Å². The van der Waals surface area contributed by atoms with Crippen LogP contribution in [-0.4, -0.2) is 19.2 Å². The van der Waals surface area contributed by atoms with Crippen LogP contribution in [0.4, 0.5) is 5.69 Å². The number of nitrogens with one attached hydrogen (secondary N) is 1. The van der Waals surface area contributed by atoms with Crippen molar-refractivity contribution in [2.24, 2.45) is 0 Å². The Balaban J connectivity index is 2.17. The summed E-state index contributed by atoms with van der Waals surface area (Å²) in [6.07, 6.45) is 3.72. The number of anilines is 1. The lowest BCUT2D eigenvalue weighted by molar-refractivity contribution is 0.102.